The van der Waals surface area contributed by atoms with Crippen molar-refractivity contribution in [3.05, 3.63) is 36.5 Å². The predicted octanol–water partition coefficient (Wildman–Crippen LogP) is 2.30. The number of allylic oxidation sites excluding steroid dienone is 4. The van der Waals surface area contributed by atoms with Gasteiger partial charge >= 0.3 is 0 Å². The molecule has 2 atom stereocenters. The Hall–Kier alpha value is -0.780. The molecule has 1 saturated carbocycles. The Morgan fingerprint density at radius 2 is 1.56 bits per heavy atom. The highest BCUT2D eigenvalue weighted by molar-refractivity contribution is 5.44. The molecule has 0 radical (unpaired) electrons. The van der Waals surface area contributed by atoms with Crippen molar-refractivity contribution in [1.82, 2.24) is 0 Å². The molecule has 9 heavy (non-hydrogen) atoms. The first-order valence-corrected chi connectivity index (χ1v) is 3.35. The highest BCUT2D eigenvalue weighted by Gasteiger charge is 2.32. The van der Waals surface area contributed by atoms with E-state index in [1.807, 2.05) is 0 Å². The van der Waals surface area contributed by atoms with Gasteiger partial charge in [0.25, 0.3) is 0 Å². The van der Waals surface area contributed by atoms with Gasteiger partial charge in [-0.1, -0.05) is 25.3 Å². The zero-order valence-corrected chi connectivity index (χ0v) is 5.43. The minimum atomic E-state index is 0.641. The molecule has 2 aliphatic carbocycles. The van der Waals surface area contributed by atoms with Gasteiger partial charge in [-0.05, 0) is 17.6 Å². The molecule has 0 N–H and O–H groups in total. The minimum absolute atomic E-state index is 0.641. The van der Waals surface area contributed by atoms with E-state index in [-0.39, 0.29) is 0 Å². The quantitative estimate of drug-likeness (QED) is 0.428. The van der Waals surface area contributed by atoms with Gasteiger partial charge in [0.2, 0.25) is 0 Å². The second-order valence-corrected chi connectivity index (χ2v) is 2.88. The molecule has 0 heterocycles. The maximum absolute atomic E-state index is 3.97. The van der Waals surface area contributed by atoms with Crippen LogP contribution in [0.1, 0.15) is 6.42 Å². The van der Waals surface area contributed by atoms with Gasteiger partial charge < -0.3 is 0 Å². The van der Waals surface area contributed by atoms with Crippen molar-refractivity contribution in [1.29, 1.82) is 0 Å². The molecule has 0 aromatic carbocycles. The van der Waals surface area contributed by atoms with Crippen LogP contribution in [0.5, 0.6) is 0 Å². The molecule has 2 bridgehead atoms. The largest absolute Gasteiger partial charge is 0.0950 e. The Kier molecular flexibility index (Phi) is 0.774. The maximum Gasteiger partial charge on any atom is 0.00238 e. The van der Waals surface area contributed by atoms with E-state index in [1.54, 1.807) is 0 Å². The molecule has 46 valence electrons. The van der Waals surface area contributed by atoms with Gasteiger partial charge in [0.05, 0.1) is 0 Å². The van der Waals surface area contributed by atoms with Crippen molar-refractivity contribution < 1.29 is 0 Å². The smallest absolute Gasteiger partial charge is 0.00238 e. The number of rotatable bonds is 0. The first-order valence-electron chi connectivity index (χ1n) is 3.35. The SMILES string of the molecule is C=C1C(=C)[C@H]2C=C[C@@H]1C2. The zero-order chi connectivity index (χ0) is 6.43. The number of hydrogen-bond acceptors (Lipinski definition) is 0. The highest BCUT2D eigenvalue weighted by Crippen LogP contribution is 2.45. The Morgan fingerprint density at radius 1 is 1.11 bits per heavy atom. The zero-order valence-electron chi connectivity index (χ0n) is 5.43. The summed E-state index contributed by atoms with van der Waals surface area (Å²) >= 11 is 0. The second-order valence-electron chi connectivity index (χ2n) is 2.88. The van der Waals surface area contributed by atoms with Crippen LogP contribution < -0.4 is 0 Å². The lowest BCUT2D eigenvalue weighted by molar-refractivity contribution is 0.737. The summed E-state index contributed by atoms with van der Waals surface area (Å²) in [6, 6.07) is 0. The molecule has 0 amide bonds. The van der Waals surface area contributed by atoms with E-state index in [9.17, 15) is 0 Å². The molecular weight excluding hydrogens is 108 g/mol. The van der Waals surface area contributed by atoms with Gasteiger partial charge in [0, 0.05) is 11.8 Å². The van der Waals surface area contributed by atoms with Gasteiger partial charge in [-0.25, -0.2) is 0 Å². The average molecular weight is 118 g/mol. The van der Waals surface area contributed by atoms with Crippen LogP contribution in [-0.4, -0.2) is 0 Å². The summed E-state index contributed by atoms with van der Waals surface area (Å²) in [6.07, 6.45) is 5.75. The number of hydrogen-bond donors (Lipinski definition) is 0. The van der Waals surface area contributed by atoms with Crippen molar-refractivity contribution in [3.8, 4) is 0 Å². The van der Waals surface area contributed by atoms with Crippen molar-refractivity contribution in [2.75, 3.05) is 0 Å². The van der Waals surface area contributed by atoms with Crippen molar-refractivity contribution in [2.45, 2.75) is 6.42 Å². The van der Waals surface area contributed by atoms with Crippen LogP contribution in [0.25, 0.3) is 0 Å². The fourth-order valence-corrected chi connectivity index (χ4v) is 1.69. The van der Waals surface area contributed by atoms with Crippen molar-refractivity contribution in [2.24, 2.45) is 11.8 Å². The molecule has 1 fully saturated rings. The van der Waals surface area contributed by atoms with Crippen LogP contribution >= 0.6 is 0 Å². The summed E-state index contributed by atoms with van der Waals surface area (Å²) in [5, 5.41) is 0. The van der Waals surface area contributed by atoms with Crippen molar-refractivity contribution >= 4 is 0 Å². The molecule has 0 aromatic rings. The molecular formula is C9H10. The Labute approximate surface area is 55.6 Å². The first-order chi connectivity index (χ1) is 4.29. The van der Waals surface area contributed by atoms with Crippen LogP contribution in [0, 0.1) is 11.8 Å². The maximum atomic E-state index is 3.97. The van der Waals surface area contributed by atoms with Crippen LogP contribution in [0.15, 0.2) is 36.5 Å². The van der Waals surface area contributed by atoms with E-state index in [0.29, 0.717) is 11.8 Å². The summed E-state index contributed by atoms with van der Waals surface area (Å²) in [4.78, 5) is 0. The lowest BCUT2D eigenvalue weighted by Crippen LogP contribution is -1.92. The summed E-state index contributed by atoms with van der Waals surface area (Å²) in [5.41, 5.74) is 2.53. The molecule has 0 aromatic heterocycles. The van der Waals surface area contributed by atoms with Gasteiger partial charge in [0.15, 0.2) is 0 Å². The standard InChI is InChI=1S/C9H10/c1-6-7(2)9-4-3-8(6)5-9/h3-4,8-9H,1-2,5H2/t8-,9+. The van der Waals surface area contributed by atoms with E-state index < -0.39 is 0 Å². The van der Waals surface area contributed by atoms with Crippen LogP contribution in [0.4, 0.5) is 0 Å². The third kappa shape index (κ3) is 0.481. The molecule has 0 spiro atoms. The van der Waals surface area contributed by atoms with Crippen LogP contribution in [0.3, 0.4) is 0 Å². The summed E-state index contributed by atoms with van der Waals surface area (Å²) in [6.45, 7) is 7.93. The fourth-order valence-electron chi connectivity index (χ4n) is 1.69. The molecule has 0 heteroatoms. The van der Waals surface area contributed by atoms with E-state index >= 15 is 0 Å². The van der Waals surface area contributed by atoms with Crippen LogP contribution in [-0.2, 0) is 0 Å². The molecule has 0 aliphatic heterocycles. The summed E-state index contributed by atoms with van der Waals surface area (Å²) in [5.74, 6) is 1.28. The second kappa shape index (κ2) is 1.38. The van der Waals surface area contributed by atoms with Crippen molar-refractivity contribution in [3.63, 3.8) is 0 Å². The monoisotopic (exact) mass is 118 g/mol. The molecule has 0 unspecified atom stereocenters. The third-order valence-corrected chi connectivity index (χ3v) is 2.39. The minimum Gasteiger partial charge on any atom is -0.0950 e. The normalized spacial score (nSPS) is 38.7. The van der Waals surface area contributed by atoms with Gasteiger partial charge in [-0.3, -0.25) is 0 Å². The van der Waals surface area contributed by atoms with Gasteiger partial charge in [0.1, 0.15) is 0 Å². The molecule has 0 nitrogen and oxygen atoms in total. The Balaban J connectivity index is 2.47. The van der Waals surface area contributed by atoms with Gasteiger partial charge in [-0.2, -0.15) is 0 Å². The predicted molar refractivity (Wildman–Crippen MR) is 39.0 cm³/mol. The molecule has 0 saturated heterocycles. The lowest BCUT2D eigenvalue weighted by atomic mass is 9.98. The third-order valence-electron chi connectivity index (χ3n) is 2.39. The fraction of sp³-hybridized carbons (Fsp3) is 0.333. The van der Waals surface area contributed by atoms with E-state index in [0.717, 1.165) is 0 Å². The molecule has 2 aliphatic rings. The average Bonchev–Trinajstić information content (AvgIpc) is 2.37. The van der Waals surface area contributed by atoms with Crippen LogP contribution in [0.2, 0.25) is 0 Å². The Bertz CT molecular complexity index is 186. The van der Waals surface area contributed by atoms with E-state index in [1.165, 1.54) is 17.6 Å². The summed E-state index contributed by atoms with van der Waals surface area (Å²) < 4.78 is 0. The van der Waals surface area contributed by atoms with Gasteiger partial charge in [-0.15, -0.1) is 0 Å². The molecule has 2 rings (SSSR count). The Morgan fingerprint density at radius 3 is 1.78 bits per heavy atom. The van der Waals surface area contributed by atoms with E-state index in [2.05, 4.69) is 25.3 Å². The highest BCUT2D eigenvalue weighted by atomic mass is 14.4. The summed E-state index contributed by atoms with van der Waals surface area (Å²) in [7, 11) is 0. The lowest BCUT2D eigenvalue weighted by Gasteiger charge is -2.07. The number of fused-ring (bicyclic) bond motifs is 2. The first kappa shape index (κ1) is 5.04. The topological polar surface area (TPSA) is 0 Å². The van der Waals surface area contributed by atoms with E-state index in [4.69, 9.17) is 0 Å².